The SMILES string of the molecule is O=C(O)CC(O)c1c(CCc2ccccc2O)ccc2oc3ccccc3c12. The average Bonchev–Trinajstić information content (AvgIpc) is 3.05. The van der Waals surface area contributed by atoms with Gasteiger partial charge in [0.15, 0.2) is 0 Å². The largest absolute Gasteiger partial charge is 0.508 e. The molecule has 1 aromatic heterocycles. The summed E-state index contributed by atoms with van der Waals surface area (Å²) < 4.78 is 5.89. The van der Waals surface area contributed by atoms with Crippen molar-refractivity contribution < 1.29 is 24.5 Å². The zero-order chi connectivity index (χ0) is 19.7. The normalized spacial score (nSPS) is 12.5. The molecular weight excluding hydrogens is 356 g/mol. The maximum absolute atomic E-state index is 11.2. The number of aryl methyl sites for hydroxylation is 2. The van der Waals surface area contributed by atoms with Crippen LogP contribution in [0.2, 0.25) is 0 Å². The van der Waals surface area contributed by atoms with E-state index in [0.29, 0.717) is 29.6 Å². The molecule has 0 bridgehead atoms. The van der Waals surface area contributed by atoms with Gasteiger partial charge in [0.05, 0.1) is 12.5 Å². The maximum Gasteiger partial charge on any atom is 0.306 e. The number of rotatable bonds is 6. The van der Waals surface area contributed by atoms with Gasteiger partial charge in [0.1, 0.15) is 16.9 Å². The van der Waals surface area contributed by atoms with Gasteiger partial charge in [-0.3, -0.25) is 4.79 Å². The maximum atomic E-state index is 11.2. The number of furan rings is 1. The number of aliphatic carboxylic acids is 1. The van der Waals surface area contributed by atoms with Crippen LogP contribution in [0.1, 0.15) is 29.2 Å². The molecule has 0 amide bonds. The molecule has 1 unspecified atom stereocenters. The Kier molecular flexibility index (Phi) is 4.75. The van der Waals surface area contributed by atoms with E-state index in [2.05, 4.69) is 0 Å². The second-order valence-electron chi connectivity index (χ2n) is 6.85. The van der Waals surface area contributed by atoms with Crippen LogP contribution in [-0.4, -0.2) is 21.3 Å². The quantitative estimate of drug-likeness (QED) is 0.458. The molecule has 0 aliphatic heterocycles. The lowest BCUT2D eigenvalue weighted by molar-refractivity contribution is -0.139. The van der Waals surface area contributed by atoms with Gasteiger partial charge >= 0.3 is 5.97 Å². The van der Waals surface area contributed by atoms with Crippen LogP contribution in [0.25, 0.3) is 21.9 Å². The van der Waals surface area contributed by atoms with Gasteiger partial charge in [-0.2, -0.15) is 0 Å². The van der Waals surface area contributed by atoms with Crippen molar-refractivity contribution in [1.82, 2.24) is 0 Å². The van der Waals surface area contributed by atoms with Crippen molar-refractivity contribution in [3.8, 4) is 5.75 Å². The standard InChI is InChI=1S/C23H20O5/c24-17-7-3-1-5-14(17)9-10-15-11-12-20-23(22(15)18(25)13-21(26)27)16-6-2-4-8-19(16)28-20/h1-8,11-12,18,24-25H,9-10,13H2,(H,26,27). The Balaban J connectivity index is 1.83. The summed E-state index contributed by atoms with van der Waals surface area (Å²) in [5.74, 6) is -0.839. The Morgan fingerprint density at radius 2 is 1.61 bits per heavy atom. The molecule has 28 heavy (non-hydrogen) atoms. The number of carboxylic acid groups (broad SMARTS) is 1. The van der Waals surface area contributed by atoms with Crippen LogP contribution in [0.5, 0.6) is 5.75 Å². The van der Waals surface area contributed by atoms with Gasteiger partial charge in [-0.25, -0.2) is 0 Å². The molecule has 0 saturated heterocycles. The van der Waals surface area contributed by atoms with E-state index in [4.69, 9.17) is 4.42 Å². The lowest BCUT2D eigenvalue weighted by Crippen LogP contribution is -2.09. The van der Waals surface area contributed by atoms with Gasteiger partial charge in [-0.05, 0) is 47.7 Å². The number of aromatic hydroxyl groups is 1. The molecule has 0 aliphatic rings. The van der Waals surface area contributed by atoms with Crippen molar-refractivity contribution in [1.29, 1.82) is 0 Å². The summed E-state index contributed by atoms with van der Waals surface area (Å²) in [6.45, 7) is 0. The first-order chi connectivity index (χ1) is 13.5. The Bertz CT molecular complexity index is 1160. The fourth-order valence-corrected chi connectivity index (χ4v) is 3.74. The second kappa shape index (κ2) is 7.37. The van der Waals surface area contributed by atoms with E-state index in [0.717, 1.165) is 21.9 Å². The van der Waals surface area contributed by atoms with E-state index in [1.807, 2.05) is 48.5 Å². The van der Waals surface area contributed by atoms with Gasteiger partial charge in [-0.15, -0.1) is 0 Å². The molecule has 142 valence electrons. The number of aliphatic hydroxyl groups is 1. The van der Waals surface area contributed by atoms with Crippen LogP contribution in [-0.2, 0) is 17.6 Å². The molecule has 5 heteroatoms. The molecule has 4 rings (SSSR count). The highest BCUT2D eigenvalue weighted by Crippen LogP contribution is 2.37. The van der Waals surface area contributed by atoms with Crippen LogP contribution in [0.4, 0.5) is 0 Å². The number of carbonyl (C=O) groups is 1. The molecule has 0 aliphatic carbocycles. The number of hydrogen-bond acceptors (Lipinski definition) is 4. The van der Waals surface area contributed by atoms with Gasteiger partial charge in [-0.1, -0.05) is 42.5 Å². The highest BCUT2D eigenvalue weighted by atomic mass is 16.4. The molecule has 5 nitrogen and oxygen atoms in total. The van der Waals surface area contributed by atoms with Crippen LogP contribution >= 0.6 is 0 Å². The van der Waals surface area contributed by atoms with Crippen LogP contribution in [0, 0.1) is 0 Å². The fourth-order valence-electron chi connectivity index (χ4n) is 3.74. The Labute approximate surface area is 161 Å². The van der Waals surface area contributed by atoms with Crippen molar-refractivity contribution in [2.75, 3.05) is 0 Å². The van der Waals surface area contributed by atoms with Gasteiger partial charge in [0.25, 0.3) is 0 Å². The highest BCUT2D eigenvalue weighted by molar-refractivity contribution is 6.07. The summed E-state index contributed by atoms with van der Waals surface area (Å²) in [4.78, 5) is 11.2. The molecule has 0 fully saturated rings. The predicted octanol–water partition coefficient (Wildman–Crippen LogP) is 4.58. The van der Waals surface area contributed by atoms with Gasteiger partial charge < -0.3 is 19.7 Å². The number of para-hydroxylation sites is 2. The number of fused-ring (bicyclic) bond motifs is 3. The van der Waals surface area contributed by atoms with Crippen molar-refractivity contribution in [3.05, 3.63) is 77.4 Å². The lowest BCUT2D eigenvalue weighted by atomic mass is 9.91. The third-order valence-corrected chi connectivity index (χ3v) is 5.03. The minimum atomic E-state index is -1.15. The smallest absolute Gasteiger partial charge is 0.306 e. The summed E-state index contributed by atoms with van der Waals surface area (Å²) in [7, 11) is 0. The van der Waals surface area contributed by atoms with Crippen molar-refractivity contribution in [2.45, 2.75) is 25.4 Å². The Morgan fingerprint density at radius 3 is 2.39 bits per heavy atom. The predicted molar refractivity (Wildman–Crippen MR) is 106 cm³/mol. The molecule has 3 N–H and O–H groups in total. The number of benzene rings is 3. The Hall–Kier alpha value is -3.31. The van der Waals surface area contributed by atoms with E-state index in [9.17, 15) is 20.1 Å². The van der Waals surface area contributed by atoms with E-state index in [1.54, 1.807) is 12.1 Å². The average molecular weight is 376 g/mol. The molecule has 0 spiro atoms. The number of hydrogen-bond donors (Lipinski definition) is 3. The molecular formula is C23H20O5. The zero-order valence-electron chi connectivity index (χ0n) is 15.1. The van der Waals surface area contributed by atoms with Crippen LogP contribution in [0.15, 0.2) is 65.1 Å². The first-order valence-corrected chi connectivity index (χ1v) is 9.14. The summed E-state index contributed by atoms with van der Waals surface area (Å²) in [5, 5.41) is 31.5. The molecule has 1 heterocycles. The molecule has 0 radical (unpaired) electrons. The summed E-state index contributed by atoms with van der Waals surface area (Å²) in [6.07, 6.45) is -0.413. The van der Waals surface area contributed by atoms with Crippen molar-refractivity contribution in [3.63, 3.8) is 0 Å². The van der Waals surface area contributed by atoms with E-state index in [-0.39, 0.29) is 12.2 Å². The summed E-state index contributed by atoms with van der Waals surface area (Å²) >= 11 is 0. The monoisotopic (exact) mass is 376 g/mol. The van der Waals surface area contributed by atoms with E-state index >= 15 is 0 Å². The molecule has 4 aromatic rings. The second-order valence-corrected chi connectivity index (χ2v) is 6.85. The first kappa shape index (κ1) is 18.1. The Morgan fingerprint density at radius 1 is 0.893 bits per heavy atom. The minimum Gasteiger partial charge on any atom is -0.508 e. The molecule has 1 atom stereocenters. The number of carboxylic acids is 1. The number of aliphatic hydroxyl groups excluding tert-OH is 1. The molecule has 0 saturated carbocycles. The summed E-state index contributed by atoms with van der Waals surface area (Å²) in [5.41, 5.74) is 3.54. The van der Waals surface area contributed by atoms with Gasteiger partial charge in [0, 0.05) is 10.8 Å². The van der Waals surface area contributed by atoms with Crippen LogP contribution in [0.3, 0.4) is 0 Å². The topological polar surface area (TPSA) is 90.9 Å². The third-order valence-electron chi connectivity index (χ3n) is 5.03. The van der Waals surface area contributed by atoms with Crippen molar-refractivity contribution >= 4 is 27.9 Å². The van der Waals surface area contributed by atoms with E-state index in [1.165, 1.54) is 0 Å². The van der Waals surface area contributed by atoms with Crippen LogP contribution < -0.4 is 0 Å². The lowest BCUT2D eigenvalue weighted by Gasteiger charge is -2.16. The van der Waals surface area contributed by atoms with Crippen molar-refractivity contribution in [2.24, 2.45) is 0 Å². The van der Waals surface area contributed by atoms with E-state index < -0.39 is 12.1 Å². The third kappa shape index (κ3) is 3.32. The summed E-state index contributed by atoms with van der Waals surface area (Å²) in [6, 6.07) is 18.4. The minimum absolute atomic E-state index is 0.227. The molecule has 3 aromatic carbocycles. The zero-order valence-corrected chi connectivity index (χ0v) is 15.1. The first-order valence-electron chi connectivity index (χ1n) is 9.14. The number of phenols is 1. The van der Waals surface area contributed by atoms with Gasteiger partial charge in [0.2, 0.25) is 0 Å². The number of phenolic OH excluding ortho intramolecular Hbond substituents is 1. The highest BCUT2D eigenvalue weighted by Gasteiger charge is 2.22. The fraction of sp³-hybridized carbons (Fsp3) is 0.174.